The van der Waals surface area contributed by atoms with Crippen LogP contribution in [0.25, 0.3) is 0 Å². The van der Waals surface area contributed by atoms with E-state index >= 15 is 0 Å². The number of unbranched alkanes of at least 4 members (excludes halogenated alkanes) is 2. The number of hydrogen-bond donors (Lipinski definition) is 0. The van der Waals surface area contributed by atoms with Crippen molar-refractivity contribution >= 4 is 0 Å². The number of hydrogen-bond acceptors (Lipinski definition) is 0. The molecule has 0 heterocycles. The lowest BCUT2D eigenvalue weighted by molar-refractivity contribution is 0.454. The van der Waals surface area contributed by atoms with Crippen molar-refractivity contribution in [2.45, 2.75) is 58.8 Å². The lowest BCUT2D eigenvalue weighted by atomic mass is 9.99. The van der Waals surface area contributed by atoms with E-state index in [0.717, 1.165) is 11.8 Å². The quantitative estimate of drug-likeness (QED) is 0.537. The van der Waals surface area contributed by atoms with Gasteiger partial charge in [-0.1, -0.05) is 52.4 Å². The fourth-order valence-corrected chi connectivity index (χ4v) is 2.27. The predicted octanol–water partition coefficient (Wildman–Crippen LogP) is 4.00. The summed E-state index contributed by atoms with van der Waals surface area (Å²) in [5, 5.41) is 0. The Bertz CT molecular complexity index is 96.2. The molecule has 0 aromatic carbocycles. The molecular formula is C11H22. The molecule has 1 saturated carbocycles. The van der Waals surface area contributed by atoms with Crippen molar-refractivity contribution in [1.29, 1.82) is 0 Å². The molecule has 66 valence electrons. The van der Waals surface area contributed by atoms with Crippen LogP contribution >= 0.6 is 0 Å². The Labute approximate surface area is 71.4 Å². The zero-order chi connectivity index (χ0) is 8.10. The van der Waals surface area contributed by atoms with Crippen molar-refractivity contribution in [3.05, 3.63) is 0 Å². The van der Waals surface area contributed by atoms with E-state index in [-0.39, 0.29) is 0 Å². The molecular weight excluding hydrogens is 132 g/mol. The second kappa shape index (κ2) is 4.79. The van der Waals surface area contributed by atoms with Crippen LogP contribution in [-0.2, 0) is 0 Å². The van der Waals surface area contributed by atoms with Crippen LogP contribution in [0.1, 0.15) is 58.8 Å². The molecule has 0 aromatic rings. The van der Waals surface area contributed by atoms with E-state index in [9.17, 15) is 0 Å². The first-order valence-electron chi connectivity index (χ1n) is 5.33. The highest BCUT2D eigenvalue weighted by Crippen LogP contribution is 2.33. The summed E-state index contributed by atoms with van der Waals surface area (Å²) in [5.74, 6) is 2.12. The van der Waals surface area contributed by atoms with Gasteiger partial charge in [-0.15, -0.1) is 0 Å². The molecule has 1 unspecified atom stereocenters. The van der Waals surface area contributed by atoms with Crippen LogP contribution in [0.15, 0.2) is 0 Å². The summed E-state index contributed by atoms with van der Waals surface area (Å²) < 4.78 is 0. The van der Waals surface area contributed by atoms with E-state index in [4.69, 9.17) is 0 Å². The largest absolute Gasteiger partial charge is 0.0654 e. The first-order valence-corrected chi connectivity index (χ1v) is 5.33. The Balaban J connectivity index is 1.99. The smallest absolute Gasteiger partial charge is 0.0412 e. The Morgan fingerprint density at radius 2 is 2.00 bits per heavy atom. The van der Waals surface area contributed by atoms with Crippen molar-refractivity contribution in [3.8, 4) is 0 Å². The molecule has 11 heavy (non-hydrogen) atoms. The molecule has 2 atom stereocenters. The molecule has 0 spiro atoms. The average molecular weight is 154 g/mol. The molecule has 1 rings (SSSR count). The van der Waals surface area contributed by atoms with Crippen LogP contribution in [0.5, 0.6) is 0 Å². The van der Waals surface area contributed by atoms with E-state index in [1.54, 1.807) is 0 Å². The maximum atomic E-state index is 2.40. The molecule has 0 heteroatoms. The third-order valence-electron chi connectivity index (χ3n) is 3.02. The highest BCUT2D eigenvalue weighted by Gasteiger charge is 2.20. The third kappa shape index (κ3) is 3.27. The van der Waals surface area contributed by atoms with Gasteiger partial charge in [0, 0.05) is 0 Å². The topological polar surface area (TPSA) is 0 Å². The lowest BCUT2D eigenvalue weighted by Gasteiger charge is -2.07. The molecule has 0 radical (unpaired) electrons. The molecule has 0 N–H and O–H groups in total. The molecule has 0 aromatic heterocycles. The summed E-state index contributed by atoms with van der Waals surface area (Å²) in [4.78, 5) is 0. The first kappa shape index (κ1) is 9.09. The standard InChI is InChI=1S/C11H22/c1-3-4-5-6-11-8-7-10(2)9-11/h10-11H,3-9H2,1-2H3/t10?,11-/m1/s1. The summed E-state index contributed by atoms with van der Waals surface area (Å²) in [6, 6.07) is 0. The Morgan fingerprint density at radius 3 is 2.55 bits per heavy atom. The fraction of sp³-hybridized carbons (Fsp3) is 1.00. The van der Waals surface area contributed by atoms with Gasteiger partial charge in [0.2, 0.25) is 0 Å². The van der Waals surface area contributed by atoms with Gasteiger partial charge in [0.15, 0.2) is 0 Å². The van der Waals surface area contributed by atoms with Gasteiger partial charge < -0.3 is 0 Å². The third-order valence-corrected chi connectivity index (χ3v) is 3.02. The van der Waals surface area contributed by atoms with Crippen molar-refractivity contribution in [3.63, 3.8) is 0 Å². The van der Waals surface area contributed by atoms with Crippen LogP contribution in [0.4, 0.5) is 0 Å². The van der Waals surface area contributed by atoms with Gasteiger partial charge >= 0.3 is 0 Å². The molecule has 0 saturated heterocycles. The predicted molar refractivity (Wildman–Crippen MR) is 50.6 cm³/mol. The van der Waals surface area contributed by atoms with Gasteiger partial charge in [-0.2, -0.15) is 0 Å². The molecule has 1 aliphatic carbocycles. The fourth-order valence-electron chi connectivity index (χ4n) is 2.27. The summed E-state index contributed by atoms with van der Waals surface area (Å²) in [6.45, 7) is 4.69. The van der Waals surface area contributed by atoms with Crippen molar-refractivity contribution in [2.24, 2.45) is 11.8 Å². The lowest BCUT2D eigenvalue weighted by Crippen LogP contribution is -1.93. The van der Waals surface area contributed by atoms with Crippen LogP contribution in [0.2, 0.25) is 0 Å². The molecule has 0 bridgehead atoms. The number of rotatable bonds is 4. The van der Waals surface area contributed by atoms with E-state index < -0.39 is 0 Å². The summed E-state index contributed by atoms with van der Waals surface area (Å²) in [6.07, 6.45) is 10.4. The molecule has 1 fully saturated rings. The SMILES string of the molecule is CCCCC[C@@H]1CCC(C)C1. The molecule has 0 nitrogen and oxygen atoms in total. The van der Waals surface area contributed by atoms with Crippen molar-refractivity contribution < 1.29 is 0 Å². The van der Waals surface area contributed by atoms with E-state index in [2.05, 4.69) is 13.8 Å². The monoisotopic (exact) mass is 154 g/mol. The van der Waals surface area contributed by atoms with Crippen LogP contribution in [-0.4, -0.2) is 0 Å². The average Bonchev–Trinajstić information content (AvgIpc) is 2.37. The van der Waals surface area contributed by atoms with Crippen molar-refractivity contribution in [1.82, 2.24) is 0 Å². The van der Waals surface area contributed by atoms with E-state index in [1.165, 1.54) is 44.9 Å². The summed E-state index contributed by atoms with van der Waals surface area (Å²) in [7, 11) is 0. The van der Waals surface area contributed by atoms with Gasteiger partial charge in [0.05, 0.1) is 0 Å². The van der Waals surface area contributed by atoms with Gasteiger partial charge in [-0.3, -0.25) is 0 Å². The molecule has 0 amide bonds. The maximum absolute atomic E-state index is 2.40. The van der Waals surface area contributed by atoms with Crippen molar-refractivity contribution in [2.75, 3.05) is 0 Å². The second-order valence-corrected chi connectivity index (χ2v) is 4.28. The zero-order valence-corrected chi connectivity index (χ0v) is 8.10. The van der Waals surface area contributed by atoms with E-state index in [0.29, 0.717) is 0 Å². The highest BCUT2D eigenvalue weighted by atomic mass is 14.3. The molecule has 0 aliphatic heterocycles. The normalized spacial score (nSPS) is 31.1. The zero-order valence-electron chi connectivity index (χ0n) is 8.10. The minimum absolute atomic E-state index is 1.03. The van der Waals surface area contributed by atoms with Gasteiger partial charge in [-0.25, -0.2) is 0 Å². The Morgan fingerprint density at radius 1 is 1.18 bits per heavy atom. The minimum Gasteiger partial charge on any atom is -0.0654 e. The Kier molecular flexibility index (Phi) is 3.96. The highest BCUT2D eigenvalue weighted by molar-refractivity contribution is 4.72. The second-order valence-electron chi connectivity index (χ2n) is 4.28. The van der Waals surface area contributed by atoms with Crippen LogP contribution in [0, 0.1) is 11.8 Å². The van der Waals surface area contributed by atoms with Gasteiger partial charge in [0.25, 0.3) is 0 Å². The van der Waals surface area contributed by atoms with Gasteiger partial charge in [-0.05, 0) is 18.3 Å². The van der Waals surface area contributed by atoms with Crippen LogP contribution in [0.3, 0.4) is 0 Å². The maximum Gasteiger partial charge on any atom is -0.0412 e. The first-order chi connectivity index (χ1) is 5.33. The molecule has 1 aliphatic rings. The minimum atomic E-state index is 1.03. The summed E-state index contributed by atoms with van der Waals surface area (Å²) >= 11 is 0. The van der Waals surface area contributed by atoms with Crippen LogP contribution < -0.4 is 0 Å². The van der Waals surface area contributed by atoms with E-state index in [1.807, 2.05) is 0 Å². The van der Waals surface area contributed by atoms with Gasteiger partial charge in [0.1, 0.15) is 0 Å². The Hall–Kier alpha value is 0. The summed E-state index contributed by atoms with van der Waals surface area (Å²) in [5.41, 5.74) is 0.